The molecule has 0 fully saturated rings. The van der Waals surface area contributed by atoms with E-state index in [0.717, 1.165) is 12.1 Å². The smallest absolute Gasteiger partial charge is 0.267 e. The molecule has 2 rings (SSSR count). The number of halogens is 2. The lowest BCUT2D eigenvalue weighted by Gasteiger charge is -2.03. The molecule has 0 radical (unpaired) electrons. The van der Waals surface area contributed by atoms with E-state index in [2.05, 4.69) is 10.5 Å². The summed E-state index contributed by atoms with van der Waals surface area (Å²) in [6.45, 7) is 1.60. The monoisotopic (exact) mass is 274 g/mol. The average Bonchev–Trinajstić information content (AvgIpc) is 2.48. The number of carbonyl (C=O) groups is 1. The van der Waals surface area contributed by atoms with E-state index in [-0.39, 0.29) is 5.91 Å². The van der Waals surface area contributed by atoms with E-state index in [1.165, 1.54) is 6.07 Å². The Bertz CT molecular complexity index is 654. The number of hydrogen-bond acceptors (Lipinski definition) is 2. The number of nitrogens with one attached hydrogen (secondary N) is 1. The number of carbonyl (C=O) groups excluding carboxylic acids is 1. The van der Waals surface area contributed by atoms with Crippen LogP contribution in [0.3, 0.4) is 0 Å². The van der Waals surface area contributed by atoms with Crippen LogP contribution < -0.4 is 5.43 Å². The van der Waals surface area contributed by atoms with Crippen molar-refractivity contribution in [1.29, 1.82) is 0 Å². The largest absolute Gasteiger partial charge is 0.271 e. The molecular formula is C15H12F2N2O. The van der Waals surface area contributed by atoms with Crippen molar-refractivity contribution >= 4 is 11.6 Å². The van der Waals surface area contributed by atoms with Crippen molar-refractivity contribution in [3.8, 4) is 0 Å². The highest BCUT2D eigenvalue weighted by molar-refractivity contribution is 6.00. The van der Waals surface area contributed by atoms with E-state index in [9.17, 15) is 13.6 Å². The van der Waals surface area contributed by atoms with Crippen LogP contribution in [-0.4, -0.2) is 11.6 Å². The van der Waals surface area contributed by atoms with E-state index in [1.807, 2.05) is 0 Å². The normalized spacial score (nSPS) is 11.2. The van der Waals surface area contributed by atoms with Crippen LogP contribution in [0, 0.1) is 11.6 Å². The maximum Gasteiger partial charge on any atom is 0.271 e. The van der Waals surface area contributed by atoms with Crippen molar-refractivity contribution in [1.82, 2.24) is 5.43 Å². The minimum atomic E-state index is -0.952. The predicted octanol–water partition coefficient (Wildman–Crippen LogP) is 3.12. The van der Waals surface area contributed by atoms with Crippen LogP contribution in [0.5, 0.6) is 0 Å². The Labute approximate surface area is 114 Å². The number of benzene rings is 2. The Morgan fingerprint density at radius 3 is 2.35 bits per heavy atom. The predicted molar refractivity (Wildman–Crippen MR) is 72.5 cm³/mol. The highest BCUT2D eigenvalue weighted by Gasteiger charge is 2.06. The van der Waals surface area contributed by atoms with Gasteiger partial charge in [0, 0.05) is 11.1 Å². The van der Waals surface area contributed by atoms with Crippen LogP contribution >= 0.6 is 0 Å². The lowest BCUT2D eigenvalue weighted by Crippen LogP contribution is -2.19. The van der Waals surface area contributed by atoms with Crippen molar-refractivity contribution < 1.29 is 13.6 Å². The Morgan fingerprint density at radius 2 is 1.70 bits per heavy atom. The summed E-state index contributed by atoms with van der Waals surface area (Å²) >= 11 is 0. The van der Waals surface area contributed by atoms with Gasteiger partial charge < -0.3 is 0 Å². The van der Waals surface area contributed by atoms with Crippen molar-refractivity contribution in [3.63, 3.8) is 0 Å². The van der Waals surface area contributed by atoms with Gasteiger partial charge >= 0.3 is 0 Å². The van der Waals surface area contributed by atoms with Crippen molar-refractivity contribution in [2.45, 2.75) is 6.92 Å². The van der Waals surface area contributed by atoms with E-state index in [4.69, 9.17) is 0 Å². The van der Waals surface area contributed by atoms with Crippen LogP contribution in [0.15, 0.2) is 53.6 Å². The number of hydrazone groups is 1. The molecule has 0 bridgehead atoms. The third-order valence-electron chi connectivity index (χ3n) is 2.70. The van der Waals surface area contributed by atoms with Gasteiger partial charge in [-0.15, -0.1) is 0 Å². The number of hydrogen-bond donors (Lipinski definition) is 1. The molecule has 0 aliphatic rings. The van der Waals surface area contributed by atoms with Crippen LogP contribution in [0.4, 0.5) is 8.78 Å². The summed E-state index contributed by atoms with van der Waals surface area (Å²) in [6, 6.07) is 12.0. The fraction of sp³-hybridized carbons (Fsp3) is 0.0667. The van der Waals surface area contributed by atoms with Crippen molar-refractivity contribution in [2.75, 3.05) is 0 Å². The summed E-state index contributed by atoms with van der Waals surface area (Å²) in [5.41, 5.74) is 3.61. The third-order valence-corrected chi connectivity index (χ3v) is 2.70. The van der Waals surface area contributed by atoms with Gasteiger partial charge in [-0.2, -0.15) is 5.10 Å². The highest BCUT2D eigenvalue weighted by Crippen LogP contribution is 2.09. The second-order valence-corrected chi connectivity index (χ2v) is 4.13. The lowest BCUT2D eigenvalue weighted by molar-refractivity contribution is 0.0955. The molecule has 0 saturated carbocycles. The molecule has 3 nitrogen and oxygen atoms in total. The molecule has 0 spiro atoms. The average molecular weight is 274 g/mol. The highest BCUT2D eigenvalue weighted by atomic mass is 19.2. The number of amides is 1. The lowest BCUT2D eigenvalue weighted by atomic mass is 10.1. The minimum absolute atomic E-state index is 0.368. The molecule has 0 saturated heterocycles. The molecule has 0 aliphatic carbocycles. The van der Waals surface area contributed by atoms with Crippen LogP contribution in [0.25, 0.3) is 0 Å². The van der Waals surface area contributed by atoms with Gasteiger partial charge in [-0.05, 0) is 37.3 Å². The van der Waals surface area contributed by atoms with Crippen LogP contribution in [-0.2, 0) is 0 Å². The molecule has 0 aromatic heterocycles. The SMILES string of the molecule is C/C(=N/NC(=O)c1ccccc1)c1ccc(F)c(F)c1. The summed E-state index contributed by atoms with van der Waals surface area (Å²) in [7, 11) is 0. The molecule has 1 N–H and O–H groups in total. The second kappa shape index (κ2) is 6.06. The zero-order valence-electron chi connectivity index (χ0n) is 10.7. The van der Waals surface area contributed by atoms with E-state index in [0.29, 0.717) is 16.8 Å². The molecule has 2 aromatic carbocycles. The molecule has 1 amide bonds. The second-order valence-electron chi connectivity index (χ2n) is 4.13. The Hall–Kier alpha value is -2.56. The van der Waals surface area contributed by atoms with E-state index in [1.54, 1.807) is 37.3 Å². The number of nitrogens with zero attached hydrogens (tertiary/aromatic N) is 1. The summed E-state index contributed by atoms with van der Waals surface area (Å²) in [5, 5.41) is 3.87. The van der Waals surface area contributed by atoms with E-state index < -0.39 is 11.6 Å². The molecule has 5 heteroatoms. The Balaban J connectivity index is 2.11. The van der Waals surface area contributed by atoms with Crippen LogP contribution in [0.2, 0.25) is 0 Å². The summed E-state index contributed by atoms with van der Waals surface area (Å²) in [6.07, 6.45) is 0. The maximum absolute atomic E-state index is 13.1. The molecule has 0 heterocycles. The topological polar surface area (TPSA) is 41.5 Å². The first-order valence-electron chi connectivity index (χ1n) is 5.93. The minimum Gasteiger partial charge on any atom is -0.267 e. The Kier molecular flexibility index (Phi) is 4.20. The quantitative estimate of drug-likeness (QED) is 0.678. The van der Waals surface area contributed by atoms with Gasteiger partial charge in [-0.1, -0.05) is 18.2 Å². The van der Waals surface area contributed by atoms with Crippen LogP contribution in [0.1, 0.15) is 22.8 Å². The maximum atomic E-state index is 13.1. The summed E-state index contributed by atoms with van der Waals surface area (Å²) < 4.78 is 25.9. The van der Waals surface area contributed by atoms with Gasteiger partial charge in [0.05, 0.1) is 5.71 Å². The first-order valence-corrected chi connectivity index (χ1v) is 5.93. The van der Waals surface area contributed by atoms with Gasteiger partial charge in [0.15, 0.2) is 11.6 Å². The fourth-order valence-corrected chi connectivity index (χ4v) is 1.57. The molecule has 102 valence electrons. The fourth-order valence-electron chi connectivity index (χ4n) is 1.57. The van der Waals surface area contributed by atoms with Gasteiger partial charge in [-0.3, -0.25) is 4.79 Å². The first kappa shape index (κ1) is 13.9. The molecule has 0 unspecified atom stereocenters. The standard InChI is InChI=1S/C15H12F2N2O/c1-10(12-7-8-13(16)14(17)9-12)18-19-15(20)11-5-3-2-4-6-11/h2-9H,1H3,(H,19,20)/b18-10-. The number of rotatable bonds is 3. The summed E-state index contributed by atoms with van der Waals surface area (Å²) in [5.74, 6) is -2.24. The van der Waals surface area contributed by atoms with Gasteiger partial charge in [-0.25, -0.2) is 14.2 Å². The Morgan fingerprint density at radius 1 is 1.00 bits per heavy atom. The zero-order chi connectivity index (χ0) is 14.5. The van der Waals surface area contributed by atoms with Gasteiger partial charge in [0.2, 0.25) is 0 Å². The molecule has 0 aliphatic heterocycles. The van der Waals surface area contributed by atoms with Crippen molar-refractivity contribution in [3.05, 3.63) is 71.3 Å². The zero-order valence-corrected chi connectivity index (χ0v) is 10.7. The van der Waals surface area contributed by atoms with E-state index >= 15 is 0 Å². The van der Waals surface area contributed by atoms with Gasteiger partial charge in [0.25, 0.3) is 5.91 Å². The van der Waals surface area contributed by atoms with Gasteiger partial charge in [0.1, 0.15) is 0 Å². The molecule has 20 heavy (non-hydrogen) atoms. The molecule has 0 atom stereocenters. The first-order chi connectivity index (χ1) is 9.58. The molecular weight excluding hydrogens is 262 g/mol. The third kappa shape index (κ3) is 3.26. The van der Waals surface area contributed by atoms with Crippen molar-refractivity contribution in [2.24, 2.45) is 5.10 Å². The summed E-state index contributed by atoms with van der Waals surface area (Å²) in [4.78, 5) is 11.7. The molecule has 2 aromatic rings.